The molecule has 112 valence electrons. The third kappa shape index (κ3) is 4.12. The number of hydrogen-bond acceptors (Lipinski definition) is 3. The highest BCUT2D eigenvalue weighted by Crippen LogP contribution is 2.24. The summed E-state index contributed by atoms with van der Waals surface area (Å²) in [7, 11) is -3.34. The minimum absolute atomic E-state index is 0.0757. The van der Waals surface area contributed by atoms with Gasteiger partial charge in [0.1, 0.15) is 5.82 Å². The van der Waals surface area contributed by atoms with Crippen LogP contribution in [0.2, 0.25) is 0 Å². The monoisotopic (exact) mass is 372 g/mol. The van der Waals surface area contributed by atoms with Crippen molar-refractivity contribution < 1.29 is 17.9 Å². The van der Waals surface area contributed by atoms with Crippen molar-refractivity contribution in [1.82, 2.24) is 0 Å². The molecule has 6 heteroatoms. The van der Waals surface area contributed by atoms with E-state index >= 15 is 0 Å². The van der Waals surface area contributed by atoms with Crippen molar-refractivity contribution >= 4 is 25.8 Å². The quantitative estimate of drug-likeness (QED) is 0.895. The molecule has 0 aliphatic rings. The smallest absolute Gasteiger partial charge is 0.175 e. The zero-order chi connectivity index (χ0) is 15.6. The van der Waals surface area contributed by atoms with E-state index in [0.29, 0.717) is 15.6 Å². The van der Waals surface area contributed by atoms with Gasteiger partial charge in [0, 0.05) is 17.1 Å². The topological polar surface area (TPSA) is 54.4 Å². The Kier molecular flexibility index (Phi) is 4.81. The van der Waals surface area contributed by atoms with Crippen molar-refractivity contribution in [2.45, 2.75) is 17.4 Å². The van der Waals surface area contributed by atoms with Crippen LogP contribution in [0.5, 0.6) is 0 Å². The molecule has 2 rings (SSSR count). The number of aliphatic hydroxyl groups excluding tert-OH is 1. The van der Waals surface area contributed by atoms with Crippen molar-refractivity contribution in [2.75, 3.05) is 6.26 Å². The number of sulfone groups is 1. The van der Waals surface area contributed by atoms with Gasteiger partial charge in [0.15, 0.2) is 9.84 Å². The summed E-state index contributed by atoms with van der Waals surface area (Å²) >= 11 is 3.17. The standard InChI is InChI=1S/C15H14BrFO3S/c1-21(19,20)13-4-2-3-11(7-13)15(18)8-10-5-6-12(16)9-14(10)17/h2-7,9,15,18H,8H2,1H3. The molecule has 0 aliphatic carbocycles. The van der Waals surface area contributed by atoms with Gasteiger partial charge in [0.05, 0.1) is 11.0 Å². The molecule has 1 N–H and O–H groups in total. The van der Waals surface area contributed by atoms with E-state index in [1.165, 1.54) is 18.2 Å². The molecular weight excluding hydrogens is 359 g/mol. The molecule has 2 aromatic rings. The first-order valence-electron chi connectivity index (χ1n) is 6.19. The predicted molar refractivity (Wildman–Crippen MR) is 82.3 cm³/mol. The summed E-state index contributed by atoms with van der Waals surface area (Å²) in [5.74, 6) is -0.414. The summed E-state index contributed by atoms with van der Waals surface area (Å²) in [6, 6.07) is 10.7. The number of hydrogen-bond donors (Lipinski definition) is 1. The van der Waals surface area contributed by atoms with E-state index in [1.54, 1.807) is 24.3 Å². The zero-order valence-electron chi connectivity index (χ0n) is 11.3. The summed E-state index contributed by atoms with van der Waals surface area (Å²) in [6.45, 7) is 0. The number of aliphatic hydroxyl groups is 1. The van der Waals surface area contributed by atoms with Crippen LogP contribution in [0, 0.1) is 5.82 Å². The van der Waals surface area contributed by atoms with E-state index in [0.717, 1.165) is 6.26 Å². The Hall–Kier alpha value is -1.24. The zero-order valence-corrected chi connectivity index (χ0v) is 13.7. The van der Waals surface area contributed by atoms with Gasteiger partial charge in [0.2, 0.25) is 0 Å². The molecule has 0 amide bonds. The second kappa shape index (κ2) is 6.25. The van der Waals surface area contributed by atoms with Gasteiger partial charge in [-0.1, -0.05) is 34.1 Å². The minimum Gasteiger partial charge on any atom is -0.388 e. The average molecular weight is 373 g/mol. The lowest BCUT2D eigenvalue weighted by Gasteiger charge is -2.13. The third-order valence-electron chi connectivity index (χ3n) is 3.10. The lowest BCUT2D eigenvalue weighted by molar-refractivity contribution is 0.177. The number of halogens is 2. The molecule has 0 aromatic heterocycles. The molecule has 0 spiro atoms. The Morgan fingerprint density at radius 2 is 1.95 bits per heavy atom. The second-order valence-electron chi connectivity index (χ2n) is 4.80. The Morgan fingerprint density at radius 3 is 2.57 bits per heavy atom. The maximum atomic E-state index is 13.8. The molecule has 21 heavy (non-hydrogen) atoms. The second-order valence-corrected chi connectivity index (χ2v) is 7.73. The molecule has 1 atom stereocenters. The summed E-state index contributed by atoms with van der Waals surface area (Å²) in [5, 5.41) is 10.2. The fourth-order valence-corrected chi connectivity index (χ4v) is 2.97. The summed E-state index contributed by atoms with van der Waals surface area (Å²) in [6.07, 6.45) is 0.210. The molecule has 0 saturated carbocycles. The van der Waals surface area contributed by atoms with E-state index in [1.807, 2.05) is 0 Å². The minimum atomic E-state index is -3.34. The average Bonchev–Trinajstić information content (AvgIpc) is 2.41. The van der Waals surface area contributed by atoms with Crippen LogP contribution >= 0.6 is 15.9 Å². The molecule has 0 heterocycles. The van der Waals surface area contributed by atoms with Crippen molar-refractivity contribution in [3.05, 3.63) is 63.9 Å². The Bertz CT molecular complexity index is 759. The highest BCUT2D eigenvalue weighted by molar-refractivity contribution is 9.10. The van der Waals surface area contributed by atoms with Gasteiger partial charge in [-0.05, 0) is 35.4 Å². The molecule has 0 saturated heterocycles. The Balaban J connectivity index is 2.26. The highest BCUT2D eigenvalue weighted by Gasteiger charge is 2.14. The normalized spacial score (nSPS) is 13.1. The van der Waals surface area contributed by atoms with Gasteiger partial charge < -0.3 is 5.11 Å². The molecule has 0 bridgehead atoms. The molecule has 0 radical (unpaired) electrons. The van der Waals surface area contributed by atoms with E-state index in [2.05, 4.69) is 15.9 Å². The molecule has 0 aliphatic heterocycles. The summed E-state index contributed by atoms with van der Waals surface area (Å²) in [5.41, 5.74) is 0.815. The molecule has 3 nitrogen and oxygen atoms in total. The van der Waals surface area contributed by atoms with Gasteiger partial charge in [-0.3, -0.25) is 0 Å². The van der Waals surface area contributed by atoms with Crippen LogP contribution < -0.4 is 0 Å². The number of rotatable bonds is 4. The largest absolute Gasteiger partial charge is 0.388 e. The molecule has 0 fully saturated rings. The molecule has 2 aromatic carbocycles. The van der Waals surface area contributed by atoms with Crippen LogP contribution in [0.4, 0.5) is 4.39 Å². The first-order valence-corrected chi connectivity index (χ1v) is 8.88. The Morgan fingerprint density at radius 1 is 1.24 bits per heavy atom. The van der Waals surface area contributed by atoms with Crippen LogP contribution in [-0.2, 0) is 16.3 Å². The van der Waals surface area contributed by atoms with Crippen molar-refractivity contribution in [1.29, 1.82) is 0 Å². The first kappa shape index (κ1) is 16.1. The maximum absolute atomic E-state index is 13.8. The summed E-state index contributed by atoms with van der Waals surface area (Å²) < 4.78 is 37.4. The lowest BCUT2D eigenvalue weighted by Crippen LogP contribution is -2.05. The van der Waals surface area contributed by atoms with Gasteiger partial charge in [-0.2, -0.15) is 0 Å². The van der Waals surface area contributed by atoms with Crippen molar-refractivity contribution in [3.8, 4) is 0 Å². The van der Waals surface area contributed by atoms with Gasteiger partial charge in [-0.25, -0.2) is 12.8 Å². The lowest BCUT2D eigenvalue weighted by atomic mass is 10.0. The third-order valence-corrected chi connectivity index (χ3v) is 4.70. The van der Waals surface area contributed by atoms with Gasteiger partial charge in [0.25, 0.3) is 0 Å². The van der Waals surface area contributed by atoms with Crippen molar-refractivity contribution in [3.63, 3.8) is 0 Å². The fourth-order valence-electron chi connectivity index (χ4n) is 1.97. The van der Waals surface area contributed by atoms with Crippen LogP contribution in [0.25, 0.3) is 0 Å². The number of benzene rings is 2. The fraction of sp³-hybridized carbons (Fsp3) is 0.200. The van der Waals surface area contributed by atoms with Gasteiger partial charge >= 0.3 is 0 Å². The van der Waals surface area contributed by atoms with Crippen LogP contribution in [0.1, 0.15) is 17.2 Å². The predicted octanol–water partition coefficient (Wildman–Crippen LogP) is 3.27. The van der Waals surface area contributed by atoms with E-state index in [9.17, 15) is 17.9 Å². The van der Waals surface area contributed by atoms with Crippen LogP contribution in [0.15, 0.2) is 51.8 Å². The maximum Gasteiger partial charge on any atom is 0.175 e. The van der Waals surface area contributed by atoms with Gasteiger partial charge in [-0.15, -0.1) is 0 Å². The summed E-state index contributed by atoms with van der Waals surface area (Å²) in [4.78, 5) is 0.135. The molecule has 1 unspecified atom stereocenters. The molecular formula is C15H14BrFO3S. The van der Waals surface area contributed by atoms with E-state index < -0.39 is 21.8 Å². The SMILES string of the molecule is CS(=O)(=O)c1cccc(C(O)Cc2ccc(Br)cc2F)c1. The first-order chi connectivity index (χ1) is 9.77. The van der Waals surface area contributed by atoms with Crippen LogP contribution in [-0.4, -0.2) is 19.8 Å². The Labute approximate surface area is 131 Å². The van der Waals surface area contributed by atoms with Crippen molar-refractivity contribution in [2.24, 2.45) is 0 Å². The van der Waals surface area contributed by atoms with E-state index in [4.69, 9.17) is 0 Å². The van der Waals surface area contributed by atoms with E-state index in [-0.39, 0.29) is 11.3 Å². The highest BCUT2D eigenvalue weighted by atomic mass is 79.9. The van der Waals surface area contributed by atoms with Crippen LogP contribution in [0.3, 0.4) is 0 Å².